The van der Waals surface area contributed by atoms with Gasteiger partial charge in [-0.25, -0.2) is 0 Å². The lowest BCUT2D eigenvalue weighted by molar-refractivity contribution is 0.0919. The fraction of sp³-hybridized carbons (Fsp3) is 0.273. The summed E-state index contributed by atoms with van der Waals surface area (Å²) < 4.78 is 0. The number of rotatable bonds is 3. The molecule has 0 aliphatic carbocycles. The quantitative estimate of drug-likeness (QED) is 0.571. The van der Waals surface area contributed by atoms with E-state index in [9.17, 15) is 4.79 Å². The van der Waals surface area contributed by atoms with Gasteiger partial charge in [0.15, 0.2) is 5.69 Å². The van der Waals surface area contributed by atoms with Gasteiger partial charge in [0, 0.05) is 17.1 Å². The second-order valence-electron chi connectivity index (χ2n) is 3.93. The van der Waals surface area contributed by atoms with Crippen LogP contribution in [-0.4, -0.2) is 33.9 Å². The highest BCUT2D eigenvalue weighted by Crippen LogP contribution is 2.18. The highest BCUT2D eigenvalue weighted by atomic mass is 16.3. The van der Waals surface area contributed by atoms with Gasteiger partial charge in [0.05, 0.1) is 12.1 Å². The van der Waals surface area contributed by atoms with E-state index in [1.807, 2.05) is 0 Å². The van der Waals surface area contributed by atoms with Gasteiger partial charge in [0.25, 0.3) is 5.91 Å². The normalized spacial score (nSPS) is 12.6. The van der Waals surface area contributed by atoms with Gasteiger partial charge >= 0.3 is 0 Å². The number of carbonyl (C=O) groups excluding carboxylic acids is 1. The first-order chi connectivity index (χ1) is 8.11. The summed E-state index contributed by atoms with van der Waals surface area (Å²) in [4.78, 5) is 11.9. The Hall–Kier alpha value is -2.08. The molecule has 1 aromatic heterocycles. The number of aromatic nitrogens is 2. The summed E-state index contributed by atoms with van der Waals surface area (Å²) in [6.45, 7) is 1.59. The zero-order valence-electron chi connectivity index (χ0n) is 9.40. The molecule has 1 aromatic carbocycles. The van der Waals surface area contributed by atoms with Crippen molar-refractivity contribution in [3.05, 3.63) is 23.9 Å². The van der Waals surface area contributed by atoms with Gasteiger partial charge in [0.2, 0.25) is 0 Å². The van der Waals surface area contributed by atoms with E-state index in [1.54, 1.807) is 25.1 Å². The first-order valence-electron chi connectivity index (χ1n) is 5.27. The largest absolute Gasteiger partial charge is 0.399 e. The zero-order chi connectivity index (χ0) is 12.4. The molecule has 1 unspecified atom stereocenters. The molecule has 0 bridgehead atoms. The Balaban J connectivity index is 2.35. The van der Waals surface area contributed by atoms with Crippen LogP contribution in [0.2, 0.25) is 0 Å². The van der Waals surface area contributed by atoms with Crippen LogP contribution in [0.4, 0.5) is 5.69 Å². The minimum absolute atomic E-state index is 0.115. The van der Waals surface area contributed by atoms with Crippen LogP contribution < -0.4 is 11.1 Å². The Bertz CT molecular complexity index is 549. The second kappa shape index (κ2) is 4.42. The van der Waals surface area contributed by atoms with Gasteiger partial charge in [-0.15, -0.1) is 0 Å². The van der Waals surface area contributed by atoms with Crippen LogP contribution in [0.15, 0.2) is 18.2 Å². The molecule has 1 amide bonds. The Morgan fingerprint density at radius 2 is 2.41 bits per heavy atom. The summed E-state index contributed by atoms with van der Waals surface area (Å²) in [7, 11) is 0. The lowest BCUT2D eigenvalue weighted by Crippen LogP contribution is -2.35. The first-order valence-corrected chi connectivity index (χ1v) is 5.27. The molecule has 2 aromatic rings. The van der Waals surface area contributed by atoms with Crippen LogP contribution in [0.3, 0.4) is 0 Å². The van der Waals surface area contributed by atoms with E-state index in [-0.39, 0.29) is 24.2 Å². The van der Waals surface area contributed by atoms with Gasteiger partial charge in [-0.2, -0.15) is 5.10 Å². The third-order valence-corrected chi connectivity index (χ3v) is 2.45. The number of hydrogen-bond donors (Lipinski definition) is 4. The molecule has 17 heavy (non-hydrogen) atoms. The van der Waals surface area contributed by atoms with Crippen molar-refractivity contribution in [2.75, 3.05) is 12.3 Å². The van der Waals surface area contributed by atoms with Crippen LogP contribution in [0.5, 0.6) is 0 Å². The molecule has 90 valence electrons. The number of benzene rings is 1. The van der Waals surface area contributed by atoms with E-state index < -0.39 is 0 Å². The van der Waals surface area contributed by atoms with Crippen molar-refractivity contribution in [2.24, 2.45) is 0 Å². The fourth-order valence-corrected chi connectivity index (χ4v) is 1.54. The number of aliphatic hydroxyl groups excluding tert-OH is 1. The van der Waals surface area contributed by atoms with Crippen molar-refractivity contribution in [1.82, 2.24) is 15.5 Å². The summed E-state index contributed by atoms with van der Waals surface area (Å²) in [6.07, 6.45) is 0. The molecule has 0 radical (unpaired) electrons. The van der Waals surface area contributed by atoms with E-state index >= 15 is 0 Å². The van der Waals surface area contributed by atoms with Gasteiger partial charge in [0.1, 0.15) is 0 Å². The smallest absolute Gasteiger partial charge is 0.272 e. The number of H-pyrrole nitrogens is 1. The van der Waals surface area contributed by atoms with Gasteiger partial charge in [-0.3, -0.25) is 9.89 Å². The van der Waals surface area contributed by atoms with Crippen LogP contribution >= 0.6 is 0 Å². The monoisotopic (exact) mass is 234 g/mol. The van der Waals surface area contributed by atoms with Crippen molar-refractivity contribution in [3.63, 3.8) is 0 Å². The standard InChI is InChI=1S/C11H14N4O2/c1-6(5-16)13-11(17)10-8-4-7(12)2-3-9(8)14-15-10/h2-4,6,16H,5,12H2,1H3,(H,13,17)(H,14,15). The van der Waals surface area contributed by atoms with Gasteiger partial charge in [-0.1, -0.05) is 0 Å². The lowest BCUT2D eigenvalue weighted by Gasteiger charge is -2.09. The number of anilines is 1. The molecule has 0 aliphatic heterocycles. The molecule has 2 rings (SSSR count). The third kappa shape index (κ3) is 2.21. The van der Waals surface area contributed by atoms with E-state index in [0.717, 1.165) is 5.52 Å². The van der Waals surface area contributed by atoms with Crippen molar-refractivity contribution in [3.8, 4) is 0 Å². The second-order valence-corrected chi connectivity index (χ2v) is 3.93. The fourth-order valence-electron chi connectivity index (χ4n) is 1.54. The molecule has 0 aliphatic rings. The van der Waals surface area contributed by atoms with Gasteiger partial charge in [-0.05, 0) is 25.1 Å². The number of nitrogens with one attached hydrogen (secondary N) is 2. The summed E-state index contributed by atoms with van der Waals surface area (Å²) in [6, 6.07) is 4.88. The number of amides is 1. The van der Waals surface area contributed by atoms with Crippen molar-refractivity contribution in [1.29, 1.82) is 0 Å². The van der Waals surface area contributed by atoms with Crippen LogP contribution in [0, 0.1) is 0 Å². The number of nitrogen functional groups attached to an aromatic ring is 1. The number of nitrogens with zero attached hydrogens (tertiary/aromatic N) is 1. The maximum Gasteiger partial charge on any atom is 0.272 e. The number of aliphatic hydroxyl groups is 1. The number of fused-ring (bicyclic) bond motifs is 1. The van der Waals surface area contributed by atoms with Crippen molar-refractivity contribution < 1.29 is 9.90 Å². The van der Waals surface area contributed by atoms with E-state index in [4.69, 9.17) is 10.8 Å². The summed E-state index contributed by atoms with van der Waals surface area (Å²) in [5.74, 6) is -0.330. The highest BCUT2D eigenvalue weighted by molar-refractivity contribution is 6.05. The first kappa shape index (κ1) is 11.4. The topological polar surface area (TPSA) is 104 Å². The minimum Gasteiger partial charge on any atom is -0.399 e. The minimum atomic E-state index is -0.330. The molecule has 1 atom stereocenters. The Labute approximate surface area is 97.8 Å². The lowest BCUT2D eigenvalue weighted by atomic mass is 10.2. The third-order valence-electron chi connectivity index (χ3n) is 2.45. The molecular weight excluding hydrogens is 220 g/mol. The molecule has 6 nitrogen and oxygen atoms in total. The summed E-state index contributed by atoms with van der Waals surface area (Å²) in [5.41, 5.74) is 7.27. The van der Waals surface area contributed by atoms with Crippen molar-refractivity contribution >= 4 is 22.5 Å². The average molecular weight is 234 g/mol. The summed E-state index contributed by atoms with van der Waals surface area (Å²) in [5, 5.41) is 18.9. The maximum atomic E-state index is 11.9. The van der Waals surface area contributed by atoms with Gasteiger partial charge < -0.3 is 16.2 Å². The molecular formula is C11H14N4O2. The number of nitrogens with two attached hydrogens (primary N) is 1. The van der Waals surface area contributed by atoms with E-state index in [2.05, 4.69) is 15.5 Å². The Kier molecular flexibility index (Phi) is 2.97. The molecule has 1 heterocycles. The predicted molar refractivity (Wildman–Crippen MR) is 64.5 cm³/mol. The van der Waals surface area contributed by atoms with E-state index in [0.29, 0.717) is 11.1 Å². The average Bonchev–Trinajstić information content (AvgIpc) is 2.71. The molecule has 0 saturated heterocycles. The predicted octanol–water partition coefficient (Wildman–Crippen LogP) is 0.256. The maximum absolute atomic E-state index is 11.9. The number of aromatic amines is 1. The Morgan fingerprint density at radius 1 is 1.65 bits per heavy atom. The van der Waals surface area contributed by atoms with Crippen LogP contribution in [-0.2, 0) is 0 Å². The zero-order valence-corrected chi connectivity index (χ0v) is 9.40. The van der Waals surface area contributed by atoms with Crippen LogP contribution in [0.1, 0.15) is 17.4 Å². The summed E-state index contributed by atoms with van der Waals surface area (Å²) >= 11 is 0. The molecule has 5 N–H and O–H groups in total. The molecule has 0 saturated carbocycles. The van der Waals surface area contributed by atoms with Crippen LogP contribution in [0.25, 0.3) is 10.9 Å². The van der Waals surface area contributed by atoms with Crippen molar-refractivity contribution in [2.45, 2.75) is 13.0 Å². The number of hydrogen-bond acceptors (Lipinski definition) is 4. The Morgan fingerprint density at radius 3 is 3.12 bits per heavy atom. The molecule has 6 heteroatoms. The van der Waals surface area contributed by atoms with E-state index in [1.165, 1.54) is 0 Å². The number of carbonyl (C=O) groups is 1. The SMILES string of the molecule is CC(CO)NC(=O)c1n[nH]c2ccc(N)cc12. The highest BCUT2D eigenvalue weighted by Gasteiger charge is 2.15. The molecule has 0 fully saturated rings. The molecule has 0 spiro atoms.